The minimum Gasteiger partial charge on any atom is -0.508 e. The predicted molar refractivity (Wildman–Crippen MR) is 58.7 cm³/mol. The number of phenols is 1. The van der Waals surface area contributed by atoms with Crippen LogP contribution in [-0.2, 0) is 0 Å². The van der Waals surface area contributed by atoms with Crippen LogP contribution < -0.4 is 0 Å². The van der Waals surface area contributed by atoms with Crippen LogP contribution >= 0.6 is 28.6 Å². The van der Waals surface area contributed by atoms with Crippen LogP contribution in [0.5, 0.6) is 5.75 Å². The largest absolute Gasteiger partial charge is 0.508 e. The Morgan fingerprint density at radius 2 is 2.25 bits per heavy atom. The third kappa shape index (κ3) is 2.57. The van der Waals surface area contributed by atoms with E-state index in [1.807, 2.05) is 18.2 Å². The molecule has 0 amide bonds. The van der Waals surface area contributed by atoms with Gasteiger partial charge in [0.05, 0.1) is 0 Å². The normalized spacial score (nSPS) is 10.8. The highest BCUT2D eigenvalue weighted by Crippen LogP contribution is 2.22. The summed E-state index contributed by atoms with van der Waals surface area (Å²) in [4.78, 5) is 0. The zero-order valence-electron chi connectivity index (χ0n) is 6.37. The van der Waals surface area contributed by atoms with Gasteiger partial charge in [-0.05, 0) is 23.8 Å². The lowest BCUT2D eigenvalue weighted by molar-refractivity contribution is 0.475. The van der Waals surface area contributed by atoms with Crippen LogP contribution in [0.15, 0.2) is 28.7 Å². The predicted octanol–water partition coefficient (Wildman–Crippen LogP) is 3.10. The fourth-order valence-electron chi connectivity index (χ4n) is 0.839. The molecule has 0 aromatic heterocycles. The second kappa shape index (κ2) is 4.58. The summed E-state index contributed by atoms with van der Waals surface area (Å²) >= 11 is 7.42. The average Bonchev–Trinajstić information content (AvgIpc) is 2.07. The number of hydrogen-bond acceptors (Lipinski definition) is 2. The molecular formula is C9H9BrOS. The van der Waals surface area contributed by atoms with Crippen molar-refractivity contribution in [2.75, 3.05) is 5.75 Å². The molecular weight excluding hydrogens is 236 g/mol. The molecule has 0 aliphatic carbocycles. The minimum atomic E-state index is 0.275. The summed E-state index contributed by atoms with van der Waals surface area (Å²) in [7, 11) is 0. The number of rotatable bonds is 2. The lowest BCUT2D eigenvalue weighted by Crippen LogP contribution is -1.75. The maximum absolute atomic E-state index is 9.16. The zero-order chi connectivity index (χ0) is 8.97. The highest BCUT2D eigenvalue weighted by molar-refractivity contribution is 9.10. The topological polar surface area (TPSA) is 20.2 Å². The molecule has 0 unspecified atom stereocenters. The van der Waals surface area contributed by atoms with E-state index in [4.69, 9.17) is 5.11 Å². The van der Waals surface area contributed by atoms with Crippen molar-refractivity contribution in [2.45, 2.75) is 0 Å². The van der Waals surface area contributed by atoms with E-state index in [0.29, 0.717) is 5.75 Å². The number of hydrogen-bond donors (Lipinski definition) is 2. The standard InChI is InChI=1S/C9H9BrOS/c10-9-4-3-8(11)6-7(9)2-1-5-12/h1-4,6,11-12H,5H2. The van der Waals surface area contributed by atoms with E-state index < -0.39 is 0 Å². The molecule has 1 rings (SSSR count). The van der Waals surface area contributed by atoms with Gasteiger partial charge in [0.1, 0.15) is 5.75 Å². The molecule has 1 aromatic rings. The SMILES string of the molecule is Oc1ccc(Br)c(C=CCS)c1. The summed E-state index contributed by atoms with van der Waals surface area (Å²) in [6.07, 6.45) is 3.83. The smallest absolute Gasteiger partial charge is 0.116 e. The highest BCUT2D eigenvalue weighted by Gasteiger charge is 1.95. The van der Waals surface area contributed by atoms with Crippen LogP contribution in [0.3, 0.4) is 0 Å². The lowest BCUT2D eigenvalue weighted by atomic mass is 10.2. The summed E-state index contributed by atoms with van der Waals surface area (Å²) in [5.74, 6) is 0.972. The van der Waals surface area contributed by atoms with Crippen molar-refractivity contribution in [3.63, 3.8) is 0 Å². The van der Waals surface area contributed by atoms with E-state index in [1.54, 1.807) is 12.1 Å². The molecule has 0 spiro atoms. The molecule has 0 fully saturated rings. The van der Waals surface area contributed by atoms with Gasteiger partial charge in [-0.2, -0.15) is 12.6 Å². The van der Waals surface area contributed by atoms with Gasteiger partial charge in [-0.25, -0.2) is 0 Å². The number of thiol groups is 1. The Hall–Kier alpha value is -0.410. The van der Waals surface area contributed by atoms with Gasteiger partial charge in [0.15, 0.2) is 0 Å². The first kappa shape index (κ1) is 9.68. The van der Waals surface area contributed by atoms with Gasteiger partial charge < -0.3 is 5.11 Å². The third-order valence-corrected chi connectivity index (χ3v) is 2.32. The average molecular weight is 245 g/mol. The Morgan fingerprint density at radius 3 is 2.92 bits per heavy atom. The van der Waals surface area contributed by atoms with Crippen molar-refractivity contribution in [3.8, 4) is 5.75 Å². The Kier molecular flexibility index (Phi) is 3.69. The molecule has 64 valence electrons. The lowest BCUT2D eigenvalue weighted by Gasteiger charge is -1.98. The maximum atomic E-state index is 9.16. The first-order valence-electron chi connectivity index (χ1n) is 3.50. The van der Waals surface area contributed by atoms with Crippen molar-refractivity contribution in [1.29, 1.82) is 0 Å². The van der Waals surface area contributed by atoms with Gasteiger partial charge >= 0.3 is 0 Å². The van der Waals surface area contributed by atoms with Gasteiger partial charge in [-0.3, -0.25) is 0 Å². The molecule has 0 aliphatic heterocycles. The van der Waals surface area contributed by atoms with Crippen LogP contribution in [0.4, 0.5) is 0 Å². The number of benzene rings is 1. The number of aromatic hydroxyl groups is 1. The van der Waals surface area contributed by atoms with E-state index in [-0.39, 0.29) is 5.75 Å². The molecule has 0 bridgehead atoms. The maximum Gasteiger partial charge on any atom is 0.116 e. The summed E-state index contributed by atoms with van der Waals surface area (Å²) in [5, 5.41) is 9.16. The Bertz CT molecular complexity index is 297. The number of phenolic OH excluding ortho intramolecular Hbond substituents is 1. The fraction of sp³-hybridized carbons (Fsp3) is 0.111. The van der Waals surface area contributed by atoms with Gasteiger partial charge in [0.2, 0.25) is 0 Å². The Morgan fingerprint density at radius 1 is 1.50 bits per heavy atom. The monoisotopic (exact) mass is 244 g/mol. The quantitative estimate of drug-likeness (QED) is 0.767. The van der Waals surface area contributed by atoms with Gasteiger partial charge in [-0.15, -0.1) is 0 Å². The Labute approximate surface area is 85.7 Å². The van der Waals surface area contributed by atoms with E-state index in [0.717, 1.165) is 10.0 Å². The Balaban J connectivity index is 2.97. The van der Waals surface area contributed by atoms with Gasteiger partial charge in [0, 0.05) is 10.2 Å². The number of halogens is 1. The molecule has 0 heterocycles. The van der Waals surface area contributed by atoms with Crippen molar-refractivity contribution in [3.05, 3.63) is 34.3 Å². The third-order valence-electron chi connectivity index (χ3n) is 1.38. The molecule has 0 saturated heterocycles. The molecule has 0 radical (unpaired) electrons. The second-order valence-electron chi connectivity index (χ2n) is 2.29. The first-order chi connectivity index (χ1) is 5.74. The van der Waals surface area contributed by atoms with Gasteiger partial charge in [-0.1, -0.05) is 28.1 Å². The van der Waals surface area contributed by atoms with E-state index in [1.165, 1.54) is 0 Å². The highest BCUT2D eigenvalue weighted by atomic mass is 79.9. The molecule has 1 aromatic carbocycles. The first-order valence-corrected chi connectivity index (χ1v) is 4.92. The van der Waals surface area contributed by atoms with Crippen LogP contribution in [0, 0.1) is 0 Å². The molecule has 3 heteroatoms. The molecule has 1 N–H and O–H groups in total. The zero-order valence-corrected chi connectivity index (χ0v) is 8.85. The molecule has 0 atom stereocenters. The van der Waals surface area contributed by atoms with Crippen LogP contribution in [0.25, 0.3) is 6.08 Å². The minimum absolute atomic E-state index is 0.275. The summed E-state index contributed by atoms with van der Waals surface area (Å²) < 4.78 is 0.971. The van der Waals surface area contributed by atoms with Crippen LogP contribution in [-0.4, -0.2) is 10.9 Å². The van der Waals surface area contributed by atoms with Crippen molar-refractivity contribution >= 4 is 34.6 Å². The van der Waals surface area contributed by atoms with E-state index in [9.17, 15) is 0 Å². The van der Waals surface area contributed by atoms with Crippen molar-refractivity contribution in [2.24, 2.45) is 0 Å². The van der Waals surface area contributed by atoms with E-state index in [2.05, 4.69) is 28.6 Å². The van der Waals surface area contributed by atoms with Crippen LogP contribution in [0.1, 0.15) is 5.56 Å². The van der Waals surface area contributed by atoms with Crippen molar-refractivity contribution < 1.29 is 5.11 Å². The molecule has 0 saturated carbocycles. The fourth-order valence-corrected chi connectivity index (χ4v) is 1.32. The summed E-state index contributed by atoms with van der Waals surface area (Å²) in [6.45, 7) is 0. The molecule has 12 heavy (non-hydrogen) atoms. The van der Waals surface area contributed by atoms with Crippen molar-refractivity contribution in [1.82, 2.24) is 0 Å². The molecule has 1 nitrogen and oxygen atoms in total. The second-order valence-corrected chi connectivity index (χ2v) is 3.51. The summed E-state index contributed by atoms with van der Waals surface area (Å²) in [6, 6.07) is 5.15. The van der Waals surface area contributed by atoms with E-state index >= 15 is 0 Å². The molecule has 0 aliphatic rings. The van der Waals surface area contributed by atoms with Gasteiger partial charge in [0.25, 0.3) is 0 Å². The van der Waals surface area contributed by atoms with Crippen LogP contribution in [0.2, 0.25) is 0 Å². The summed E-state index contributed by atoms with van der Waals surface area (Å²) in [5.41, 5.74) is 0.962.